The van der Waals surface area contributed by atoms with Gasteiger partial charge in [0.15, 0.2) is 0 Å². The second-order valence-corrected chi connectivity index (χ2v) is 3.60. The number of hydrogen-bond acceptors (Lipinski definition) is 2. The quantitative estimate of drug-likeness (QED) is 0.633. The molecule has 0 amide bonds. The van der Waals surface area contributed by atoms with Gasteiger partial charge in [0.25, 0.3) is 0 Å². The van der Waals surface area contributed by atoms with Crippen LogP contribution in [0.15, 0.2) is 0 Å². The standard InChI is InChI=1S/C9H18O2/c1-2-7-3-4-9(11)8(5-7)6-10/h7-11H,2-6H2,1H3. The van der Waals surface area contributed by atoms with Gasteiger partial charge >= 0.3 is 0 Å². The number of rotatable bonds is 2. The van der Waals surface area contributed by atoms with Gasteiger partial charge in [-0.3, -0.25) is 0 Å². The molecule has 0 aromatic carbocycles. The maximum Gasteiger partial charge on any atom is 0.0590 e. The molecule has 1 fully saturated rings. The van der Waals surface area contributed by atoms with Crippen molar-refractivity contribution in [2.45, 2.75) is 38.7 Å². The zero-order valence-electron chi connectivity index (χ0n) is 7.16. The highest BCUT2D eigenvalue weighted by atomic mass is 16.3. The molecule has 0 aromatic heterocycles. The summed E-state index contributed by atoms with van der Waals surface area (Å²) in [6, 6.07) is 0. The van der Waals surface area contributed by atoms with Crippen LogP contribution in [0.5, 0.6) is 0 Å². The van der Waals surface area contributed by atoms with E-state index >= 15 is 0 Å². The van der Waals surface area contributed by atoms with Crippen molar-refractivity contribution in [3.63, 3.8) is 0 Å². The molecule has 0 aromatic rings. The van der Waals surface area contributed by atoms with E-state index in [0.29, 0.717) is 0 Å². The van der Waals surface area contributed by atoms with Gasteiger partial charge in [0, 0.05) is 12.5 Å². The van der Waals surface area contributed by atoms with Crippen LogP contribution in [-0.2, 0) is 0 Å². The number of aliphatic hydroxyl groups excluding tert-OH is 2. The molecule has 0 saturated heterocycles. The molecule has 0 heterocycles. The first-order valence-corrected chi connectivity index (χ1v) is 4.56. The van der Waals surface area contributed by atoms with Gasteiger partial charge in [-0.1, -0.05) is 13.3 Å². The van der Waals surface area contributed by atoms with Gasteiger partial charge in [-0.05, 0) is 25.2 Å². The van der Waals surface area contributed by atoms with E-state index in [2.05, 4.69) is 6.92 Å². The van der Waals surface area contributed by atoms with Crippen LogP contribution in [0.2, 0.25) is 0 Å². The molecule has 1 rings (SSSR count). The minimum absolute atomic E-state index is 0.147. The fourth-order valence-electron chi connectivity index (χ4n) is 1.91. The lowest BCUT2D eigenvalue weighted by Crippen LogP contribution is -2.31. The van der Waals surface area contributed by atoms with Crippen LogP contribution >= 0.6 is 0 Å². The van der Waals surface area contributed by atoms with Crippen molar-refractivity contribution < 1.29 is 10.2 Å². The molecule has 0 spiro atoms. The molecule has 3 unspecified atom stereocenters. The predicted molar refractivity (Wildman–Crippen MR) is 44.2 cm³/mol. The van der Waals surface area contributed by atoms with Crippen LogP contribution in [0.4, 0.5) is 0 Å². The molecule has 0 radical (unpaired) electrons. The van der Waals surface area contributed by atoms with E-state index in [1.54, 1.807) is 0 Å². The minimum Gasteiger partial charge on any atom is -0.396 e. The van der Waals surface area contributed by atoms with Crippen molar-refractivity contribution in [2.24, 2.45) is 11.8 Å². The lowest BCUT2D eigenvalue weighted by molar-refractivity contribution is 0.0167. The van der Waals surface area contributed by atoms with Crippen molar-refractivity contribution in [2.75, 3.05) is 6.61 Å². The lowest BCUT2D eigenvalue weighted by Gasteiger charge is -2.31. The van der Waals surface area contributed by atoms with Crippen LogP contribution in [0.1, 0.15) is 32.6 Å². The van der Waals surface area contributed by atoms with Crippen molar-refractivity contribution >= 4 is 0 Å². The van der Waals surface area contributed by atoms with E-state index < -0.39 is 0 Å². The fraction of sp³-hybridized carbons (Fsp3) is 1.00. The first-order chi connectivity index (χ1) is 5.27. The summed E-state index contributed by atoms with van der Waals surface area (Å²) in [5.74, 6) is 0.879. The maximum atomic E-state index is 9.42. The lowest BCUT2D eigenvalue weighted by atomic mass is 9.79. The Labute approximate surface area is 68.2 Å². The molecule has 2 heteroatoms. The van der Waals surface area contributed by atoms with Gasteiger partial charge in [0.2, 0.25) is 0 Å². The molecule has 0 aliphatic heterocycles. The molecule has 11 heavy (non-hydrogen) atoms. The van der Waals surface area contributed by atoms with Crippen LogP contribution in [0, 0.1) is 11.8 Å². The SMILES string of the molecule is CCC1CCC(O)C(CO)C1. The van der Waals surface area contributed by atoms with Gasteiger partial charge in [-0.2, -0.15) is 0 Å². The van der Waals surface area contributed by atoms with E-state index in [-0.39, 0.29) is 18.6 Å². The molecule has 1 saturated carbocycles. The van der Waals surface area contributed by atoms with Crippen LogP contribution in [0.3, 0.4) is 0 Å². The molecule has 0 bridgehead atoms. The third-order valence-corrected chi connectivity index (χ3v) is 2.86. The van der Waals surface area contributed by atoms with Gasteiger partial charge in [-0.25, -0.2) is 0 Å². The summed E-state index contributed by atoms with van der Waals surface area (Å²) < 4.78 is 0. The predicted octanol–water partition coefficient (Wildman–Crippen LogP) is 1.17. The number of hydrogen-bond donors (Lipinski definition) is 2. The second kappa shape index (κ2) is 4.07. The summed E-state index contributed by atoms with van der Waals surface area (Å²) in [7, 11) is 0. The monoisotopic (exact) mass is 158 g/mol. The summed E-state index contributed by atoms with van der Waals surface area (Å²) in [4.78, 5) is 0. The van der Waals surface area contributed by atoms with Gasteiger partial charge < -0.3 is 10.2 Å². The summed E-state index contributed by atoms with van der Waals surface area (Å²) in [6.45, 7) is 2.33. The summed E-state index contributed by atoms with van der Waals surface area (Å²) in [5, 5.41) is 18.3. The zero-order chi connectivity index (χ0) is 8.27. The van der Waals surface area contributed by atoms with E-state index in [0.717, 1.165) is 25.2 Å². The van der Waals surface area contributed by atoms with E-state index in [4.69, 9.17) is 5.11 Å². The van der Waals surface area contributed by atoms with Crippen molar-refractivity contribution in [1.82, 2.24) is 0 Å². The van der Waals surface area contributed by atoms with Gasteiger partial charge in [0.05, 0.1) is 6.10 Å². The number of aliphatic hydroxyl groups is 2. The fourth-order valence-corrected chi connectivity index (χ4v) is 1.91. The Morgan fingerprint density at radius 3 is 2.64 bits per heavy atom. The van der Waals surface area contributed by atoms with E-state index in [1.165, 1.54) is 6.42 Å². The zero-order valence-corrected chi connectivity index (χ0v) is 7.16. The highest BCUT2D eigenvalue weighted by molar-refractivity contribution is 4.78. The molecular weight excluding hydrogens is 140 g/mol. The van der Waals surface area contributed by atoms with Gasteiger partial charge in [0.1, 0.15) is 0 Å². The normalized spacial score (nSPS) is 39.0. The first-order valence-electron chi connectivity index (χ1n) is 4.56. The van der Waals surface area contributed by atoms with Crippen LogP contribution < -0.4 is 0 Å². The summed E-state index contributed by atoms with van der Waals surface area (Å²) in [6.07, 6.45) is 3.96. The van der Waals surface area contributed by atoms with Crippen molar-refractivity contribution in [3.05, 3.63) is 0 Å². The van der Waals surface area contributed by atoms with E-state index in [9.17, 15) is 5.11 Å². The average Bonchev–Trinajstić information content (AvgIpc) is 2.05. The third kappa shape index (κ3) is 2.17. The van der Waals surface area contributed by atoms with E-state index in [1.807, 2.05) is 0 Å². The van der Waals surface area contributed by atoms with Crippen LogP contribution in [-0.4, -0.2) is 22.9 Å². The molecule has 2 N–H and O–H groups in total. The highest BCUT2D eigenvalue weighted by Crippen LogP contribution is 2.30. The molecule has 1 aliphatic carbocycles. The summed E-state index contributed by atoms with van der Waals surface area (Å²) >= 11 is 0. The third-order valence-electron chi connectivity index (χ3n) is 2.86. The van der Waals surface area contributed by atoms with Crippen molar-refractivity contribution in [3.8, 4) is 0 Å². The molecule has 3 atom stereocenters. The summed E-state index contributed by atoms with van der Waals surface area (Å²) in [5.41, 5.74) is 0. The van der Waals surface area contributed by atoms with Crippen LogP contribution in [0.25, 0.3) is 0 Å². The second-order valence-electron chi connectivity index (χ2n) is 3.60. The average molecular weight is 158 g/mol. The Morgan fingerprint density at radius 2 is 2.09 bits per heavy atom. The first kappa shape index (κ1) is 9.01. The highest BCUT2D eigenvalue weighted by Gasteiger charge is 2.27. The Hall–Kier alpha value is -0.0800. The van der Waals surface area contributed by atoms with Crippen molar-refractivity contribution in [1.29, 1.82) is 0 Å². The Morgan fingerprint density at radius 1 is 1.36 bits per heavy atom. The molecule has 2 nitrogen and oxygen atoms in total. The smallest absolute Gasteiger partial charge is 0.0590 e. The molecular formula is C9H18O2. The Balaban J connectivity index is 2.37. The largest absolute Gasteiger partial charge is 0.396 e. The Bertz CT molecular complexity index is 114. The van der Waals surface area contributed by atoms with Gasteiger partial charge in [-0.15, -0.1) is 0 Å². The minimum atomic E-state index is -0.247. The topological polar surface area (TPSA) is 40.5 Å². The Kier molecular flexibility index (Phi) is 3.34. The maximum absolute atomic E-state index is 9.42. The molecule has 66 valence electrons. The molecule has 1 aliphatic rings.